The van der Waals surface area contributed by atoms with Crippen LogP contribution < -0.4 is 4.74 Å². The van der Waals surface area contributed by atoms with Gasteiger partial charge in [0.05, 0.1) is 4.47 Å². The third-order valence-corrected chi connectivity index (χ3v) is 3.70. The lowest BCUT2D eigenvalue weighted by Crippen LogP contribution is -2.12. The van der Waals surface area contributed by atoms with Crippen molar-refractivity contribution in [3.8, 4) is 5.75 Å². The Morgan fingerprint density at radius 2 is 1.90 bits per heavy atom. The maximum Gasteiger partial charge on any atom is 0.200 e. The van der Waals surface area contributed by atoms with Gasteiger partial charge in [0.25, 0.3) is 0 Å². The molecule has 0 saturated heterocycles. The molecule has 2 aromatic rings. The highest BCUT2D eigenvalue weighted by Crippen LogP contribution is 2.25. The minimum atomic E-state index is -0.357. The Balaban J connectivity index is 2.06. The van der Waals surface area contributed by atoms with Crippen LogP contribution in [0, 0.1) is 19.7 Å². The van der Waals surface area contributed by atoms with Gasteiger partial charge in [0.15, 0.2) is 12.4 Å². The number of carbonyl (C=O) groups excluding carboxylic acids is 1. The van der Waals surface area contributed by atoms with E-state index in [0.29, 0.717) is 15.8 Å². The predicted octanol–water partition coefficient (Wildman–Crippen LogP) is 4.47. The third kappa shape index (κ3) is 3.45. The molecule has 2 aromatic carbocycles. The minimum Gasteiger partial charge on any atom is -0.484 e. The highest BCUT2D eigenvalue weighted by Gasteiger charge is 2.09. The first kappa shape index (κ1) is 14.7. The molecule has 4 heteroatoms. The largest absolute Gasteiger partial charge is 0.484 e. The van der Waals surface area contributed by atoms with Crippen molar-refractivity contribution in [3.05, 3.63) is 63.4 Å². The van der Waals surface area contributed by atoms with Gasteiger partial charge in [0, 0.05) is 5.56 Å². The van der Waals surface area contributed by atoms with Gasteiger partial charge < -0.3 is 4.74 Å². The molecule has 0 aliphatic carbocycles. The summed E-state index contributed by atoms with van der Waals surface area (Å²) in [6.45, 7) is 3.88. The van der Waals surface area contributed by atoms with Crippen LogP contribution in [0.3, 0.4) is 0 Å². The number of hydrogen-bond donors (Lipinski definition) is 0. The SMILES string of the molecule is Cc1ccc(C(=O)COc2ccc(F)cc2Br)cc1C. The van der Waals surface area contributed by atoms with Crippen molar-refractivity contribution < 1.29 is 13.9 Å². The molecule has 0 N–H and O–H groups in total. The van der Waals surface area contributed by atoms with Crippen molar-refractivity contribution in [3.63, 3.8) is 0 Å². The summed E-state index contributed by atoms with van der Waals surface area (Å²) in [6, 6.07) is 9.63. The molecule has 0 atom stereocenters. The molecular weight excluding hydrogens is 323 g/mol. The second kappa shape index (κ2) is 6.18. The van der Waals surface area contributed by atoms with Crippen molar-refractivity contribution in [2.75, 3.05) is 6.61 Å². The number of aryl methyl sites for hydroxylation is 2. The van der Waals surface area contributed by atoms with Gasteiger partial charge in [-0.3, -0.25) is 4.79 Å². The zero-order chi connectivity index (χ0) is 14.7. The monoisotopic (exact) mass is 336 g/mol. The first-order valence-corrected chi connectivity index (χ1v) is 6.95. The predicted molar refractivity (Wildman–Crippen MR) is 79.8 cm³/mol. The Hall–Kier alpha value is -1.68. The number of Topliss-reactive ketones (excluding diaryl/α,β-unsaturated/α-hetero) is 1. The number of ketones is 1. The van der Waals surface area contributed by atoms with E-state index in [4.69, 9.17) is 4.74 Å². The van der Waals surface area contributed by atoms with Crippen LogP contribution in [0.15, 0.2) is 40.9 Å². The quantitative estimate of drug-likeness (QED) is 0.770. The minimum absolute atomic E-state index is 0.0767. The van der Waals surface area contributed by atoms with E-state index in [2.05, 4.69) is 15.9 Å². The molecule has 0 amide bonds. The van der Waals surface area contributed by atoms with Gasteiger partial charge in [0.2, 0.25) is 0 Å². The number of hydrogen-bond acceptors (Lipinski definition) is 2. The molecular formula is C16H14BrFO2. The molecule has 0 bridgehead atoms. The van der Waals surface area contributed by atoms with Gasteiger partial charge >= 0.3 is 0 Å². The Morgan fingerprint density at radius 1 is 1.15 bits per heavy atom. The van der Waals surface area contributed by atoms with Gasteiger partial charge in [-0.1, -0.05) is 12.1 Å². The Labute approximate surface area is 125 Å². The van der Waals surface area contributed by atoms with E-state index in [1.807, 2.05) is 26.0 Å². The molecule has 0 aliphatic heterocycles. The maximum absolute atomic E-state index is 12.9. The average Bonchev–Trinajstić information content (AvgIpc) is 2.40. The van der Waals surface area contributed by atoms with E-state index in [1.54, 1.807) is 6.07 Å². The van der Waals surface area contributed by atoms with E-state index in [0.717, 1.165) is 11.1 Å². The summed E-state index contributed by atoms with van der Waals surface area (Å²) in [5.74, 6) is -0.0161. The summed E-state index contributed by atoms with van der Waals surface area (Å²) in [4.78, 5) is 12.0. The van der Waals surface area contributed by atoms with Gasteiger partial charge in [-0.05, 0) is 65.2 Å². The Kier molecular flexibility index (Phi) is 4.55. The van der Waals surface area contributed by atoms with E-state index in [9.17, 15) is 9.18 Å². The molecule has 2 nitrogen and oxygen atoms in total. The van der Waals surface area contributed by atoms with Crippen molar-refractivity contribution in [2.45, 2.75) is 13.8 Å². The molecule has 20 heavy (non-hydrogen) atoms. The van der Waals surface area contributed by atoms with Crippen LogP contribution in [-0.4, -0.2) is 12.4 Å². The van der Waals surface area contributed by atoms with Gasteiger partial charge in [0.1, 0.15) is 11.6 Å². The maximum atomic E-state index is 12.9. The number of halogens is 2. The highest BCUT2D eigenvalue weighted by atomic mass is 79.9. The molecule has 0 saturated carbocycles. The number of ether oxygens (including phenoxy) is 1. The topological polar surface area (TPSA) is 26.3 Å². The fourth-order valence-corrected chi connectivity index (χ4v) is 2.20. The Morgan fingerprint density at radius 3 is 2.55 bits per heavy atom. The van der Waals surface area contributed by atoms with Crippen molar-refractivity contribution >= 4 is 21.7 Å². The van der Waals surface area contributed by atoms with Crippen LogP contribution in [0.1, 0.15) is 21.5 Å². The van der Waals surface area contributed by atoms with Crippen LogP contribution in [0.25, 0.3) is 0 Å². The summed E-state index contributed by atoms with van der Waals surface area (Å²) in [7, 11) is 0. The summed E-state index contributed by atoms with van der Waals surface area (Å²) in [5.41, 5.74) is 2.83. The van der Waals surface area contributed by atoms with Gasteiger partial charge in [-0.15, -0.1) is 0 Å². The Bertz CT molecular complexity index is 653. The molecule has 0 radical (unpaired) electrons. The van der Waals surface area contributed by atoms with E-state index in [-0.39, 0.29) is 18.2 Å². The molecule has 2 rings (SSSR count). The molecule has 0 fully saturated rings. The fraction of sp³-hybridized carbons (Fsp3) is 0.188. The normalized spacial score (nSPS) is 10.4. The fourth-order valence-electron chi connectivity index (χ4n) is 1.73. The van der Waals surface area contributed by atoms with E-state index < -0.39 is 0 Å². The highest BCUT2D eigenvalue weighted by molar-refractivity contribution is 9.10. The molecule has 0 aromatic heterocycles. The second-order valence-electron chi connectivity index (χ2n) is 4.59. The zero-order valence-corrected chi connectivity index (χ0v) is 12.8. The summed E-state index contributed by atoms with van der Waals surface area (Å²) < 4.78 is 18.8. The van der Waals surface area contributed by atoms with Crippen LogP contribution in [0.5, 0.6) is 5.75 Å². The standard InChI is InChI=1S/C16H14BrFO2/c1-10-3-4-12(7-11(10)2)15(19)9-20-16-6-5-13(18)8-14(16)17/h3-8H,9H2,1-2H3. The lowest BCUT2D eigenvalue weighted by molar-refractivity contribution is 0.0921. The molecule has 0 aliphatic rings. The first-order chi connectivity index (χ1) is 9.47. The van der Waals surface area contributed by atoms with Gasteiger partial charge in [-0.25, -0.2) is 4.39 Å². The molecule has 0 heterocycles. The lowest BCUT2D eigenvalue weighted by atomic mass is 10.0. The van der Waals surface area contributed by atoms with E-state index >= 15 is 0 Å². The number of rotatable bonds is 4. The summed E-state index contributed by atoms with van der Waals surface area (Å²) in [5, 5.41) is 0. The lowest BCUT2D eigenvalue weighted by Gasteiger charge is -2.08. The smallest absolute Gasteiger partial charge is 0.200 e. The van der Waals surface area contributed by atoms with Crippen LogP contribution in [0.4, 0.5) is 4.39 Å². The zero-order valence-electron chi connectivity index (χ0n) is 11.2. The van der Waals surface area contributed by atoms with Crippen molar-refractivity contribution in [1.82, 2.24) is 0 Å². The van der Waals surface area contributed by atoms with Crippen LogP contribution >= 0.6 is 15.9 Å². The number of benzene rings is 2. The van der Waals surface area contributed by atoms with Crippen LogP contribution in [-0.2, 0) is 0 Å². The van der Waals surface area contributed by atoms with Crippen LogP contribution in [0.2, 0.25) is 0 Å². The first-order valence-electron chi connectivity index (χ1n) is 6.15. The second-order valence-corrected chi connectivity index (χ2v) is 5.44. The third-order valence-electron chi connectivity index (χ3n) is 3.08. The number of carbonyl (C=O) groups is 1. The van der Waals surface area contributed by atoms with Crippen molar-refractivity contribution in [1.29, 1.82) is 0 Å². The molecule has 0 unspecified atom stereocenters. The van der Waals surface area contributed by atoms with Gasteiger partial charge in [-0.2, -0.15) is 0 Å². The van der Waals surface area contributed by atoms with E-state index in [1.165, 1.54) is 18.2 Å². The van der Waals surface area contributed by atoms with Crippen molar-refractivity contribution in [2.24, 2.45) is 0 Å². The summed E-state index contributed by atoms with van der Waals surface area (Å²) >= 11 is 3.20. The molecule has 0 spiro atoms. The summed E-state index contributed by atoms with van der Waals surface area (Å²) in [6.07, 6.45) is 0. The average molecular weight is 337 g/mol. The molecule has 104 valence electrons.